The largest absolute Gasteiger partial charge is 0.310 e. The Kier molecular flexibility index (Phi) is 4.14. The van der Waals surface area contributed by atoms with Crippen LogP contribution in [0.4, 0.5) is 4.39 Å². The van der Waals surface area contributed by atoms with E-state index in [1.807, 2.05) is 6.07 Å². The lowest BCUT2D eigenvalue weighted by atomic mass is 10.2. The minimum absolute atomic E-state index is 0.270. The Balaban J connectivity index is 2.20. The lowest BCUT2D eigenvalue weighted by Crippen LogP contribution is -2.21. The molecule has 2 aromatic rings. The van der Waals surface area contributed by atoms with E-state index in [0.29, 0.717) is 18.3 Å². The predicted molar refractivity (Wildman–Crippen MR) is 73.2 cm³/mol. The second-order valence-electron chi connectivity index (χ2n) is 4.42. The second kappa shape index (κ2) is 5.63. The molecule has 5 heteroatoms. The van der Waals surface area contributed by atoms with Crippen LogP contribution in [0, 0.1) is 5.82 Å². The van der Waals surface area contributed by atoms with E-state index in [-0.39, 0.29) is 5.82 Å². The molecule has 0 aliphatic rings. The maximum absolute atomic E-state index is 14.0. The van der Waals surface area contributed by atoms with Crippen molar-refractivity contribution in [3.8, 4) is 5.69 Å². The van der Waals surface area contributed by atoms with Crippen molar-refractivity contribution in [1.82, 2.24) is 15.1 Å². The van der Waals surface area contributed by atoms with Crippen LogP contribution < -0.4 is 5.32 Å². The van der Waals surface area contributed by atoms with Crippen LogP contribution in [0.1, 0.15) is 19.4 Å². The quantitative estimate of drug-likeness (QED) is 0.939. The highest BCUT2D eigenvalue weighted by Crippen LogP contribution is 2.17. The van der Waals surface area contributed by atoms with Gasteiger partial charge in [-0.1, -0.05) is 19.9 Å². The molecule has 96 valence electrons. The van der Waals surface area contributed by atoms with Crippen molar-refractivity contribution in [1.29, 1.82) is 0 Å². The summed E-state index contributed by atoms with van der Waals surface area (Å²) in [6, 6.07) is 5.57. The summed E-state index contributed by atoms with van der Waals surface area (Å²) in [6.07, 6.45) is 3.36. The summed E-state index contributed by atoms with van der Waals surface area (Å²) in [5.74, 6) is -0.270. The third kappa shape index (κ3) is 3.17. The average molecular weight is 312 g/mol. The van der Waals surface area contributed by atoms with E-state index >= 15 is 0 Å². The molecule has 0 atom stereocenters. The van der Waals surface area contributed by atoms with Gasteiger partial charge in [0.15, 0.2) is 0 Å². The monoisotopic (exact) mass is 311 g/mol. The molecule has 3 nitrogen and oxygen atoms in total. The maximum atomic E-state index is 14.0. The van der Waals surface area contributed by atoms with Crippen molar-refractivity contribution in [2.24, 2.45) is 0 Å². The zero-order chi connectivity index (χ0) is 13.1. The molecule has 0 saturated carbocycles. The van der Waals surface area contributed by atoms with Crippen molar-refractivity contribution >= 4 is 15.9 Å². The molecule has 1 aromatic carbocycles. The van der Waals surface area contributed by atoms with E-state index in [1.165, 1.54) is 4.68 Å². The summed E-state index contributed by atoms with van der Waals surface area (Å²) in [5.41, 5.74) is 1.38. The number of hydrogen-bond acceptors (Lipinski definition) is 2. The number of halogens is 2. The molecule has 0 unspecified atom stereocenters. The molecule has 18 heavy (non-hydrogen) atoms. The van der Waals surface area contributed by atoms with Gasteiger partial charge >= 0.3 is 0 Å². The first kappa shape index (κ1) is 13.2. The van der Waals surface area contributed by atoms with Crippen LogP contribution >= 0.6 is 15.9 Å². The van der Waals surface area contributed by atoms with Gasteiger partial charge in [-0.05, 0) is 33.6 Å². The Labute approximate surface area is 114 Å². The summed E-state index contributed by atoms with van der Waals surface area (Å²) in [4.78, 5) is 0. The van der Waals surface area contributed by atoms with Crippen molar-refractivity contribution < 1.29 is 4.39 Å². The molecule has 0 bridgehead atoms. The van der Waals surface area contributed by atoms with E-state index < -0.39 is 0 Å². The average Bonchev–Trinajstić information content (AvgIpc) is 2.73. The number of aromatic nitrogens is 2. The van der Waals surface area contributed by atoms with E-state index in [4.69, 9.17) is 0 Å². The minimum atomic E-state index is -0.270. The highest BCUT2D eigenvalue weighted by atomic mass is 79.9. The second-order valence-corrected chi connectivity index (χ2v) is 5.34. The first-order valence-corrected chi connectivity index (χ1v) is 6.58. The summed E-state index contributed by atoms with van der Waals surface area (Å²) < 4.78 is 16.3. The molecule has 0 radical (unpaired) electrons. The Hall–Kier alpha value is -1.20. The van der Waals surface area contributed by atoms with Crippen LogP contribution in [-0.2, 0) is 6.54 Å². The normalized spacial score (nSPS) is 11.2. The van der Waals surface area contributed by atoms with Gasteiger partial charge in [0.2, 0.25) is 0 Å². The molecule has 1 N–H and O–H groups in total. The lowest BCUT2D eigenvalue weighted by Gasteiger charge is -2.09. The third-order valence-corrected chi connectivity index (χ3v) is 2.93. The molecule has 0 fully saturated rings. The fourth-order valence-corrected chi connectivity index (χ4v) is 1.89. The van der Waals surface area contributed by atoms with Crippen molar-refractivity contribution in [2.75, 3.05) is 0 Å². The van der Waals surface area contributed by atoms with Crippen molar-refractivity contribution in [3.05, 3.63) is 46.4 Å². The summed E-state index contributed by atoms with van der Waals surface area (Å²) in [6.45, 7) is 4.79. The topological polar surface area (TPSA) is 29.9 Å². The Morgan fingerprint density at radius 3 is 2.78 bits per heavy atom. The molecule has 0 spiro atoms. The van der Waals surface area contributed by atoms with Crippen LogP contribution in [0.2, 0.25) is 0 Å². The molecule has 0 saturated heterocycles. The first-order chi connectivity index (χ1) is 8.56. The highest BCUT2D eigenvalue weighted by Gasteiger charge is 2.07. The number of hydrogen-bond donors (Lipinski definition) is 1. The predicted octanol–water partition coefficient (Wildman–Crippen LogP) is 3.27. The molecular weight excluding hydrogens is 297 g/mol. The third-order valence-electron chi connectivity index (χ3n) is 2.52. The van der Waals surface area contributed by atoms with Gasteiger partial charge in [0.05, 0.1) is 10.7 Å². The van der Waals surface area contributed by atoms with Gasteiger partial charge in [0, 0.05) is 18.8 Å². The molecule has 2 rings (SSSR count). The maximum Gasteiger partial charge on any atom is 0.149 e. The number of rotatable bonds is 4. The van der Waals surface area contributed by atoms with Crippen LogP contribution in [-0.4, -0.2) is 15.8 Å². The Morgan fingerprint density at radius 2 is 2.22 bits per heavy atom. The molecule has 1 aromatic heterocycles. The zero-order valence-electron chi connectivity index (χ0n) is 10.3. The fraction of sp³-hybridized carbons (Fsp3) is 0.308. The number of benzene rings is 1. The molecule has 0 aliphatic heterocycles. The van der Waals surface area contributed by atoms with Gasteiger partial charge < -0.3 is 5.32 Å². The van der Waals surface area contributed by atoms with Gasteiger partial charge in [-0.25, -0.2) is 9.07 Å². The van der Waals surface area contributed by atoms with Gasteiger partial charge in [-0.3, -0.25) is 0 Å². The first-order valence-electron chi connectivity index (χ1n) is 5.78. The Morgan fingerprint density at radius 1 is 1.44 bits per heavy atom. The van der Waals surface area contributed by atoms with Gasteiger partial charge in [0.25, 0.3) is 0 Å². The van der Waals surface area contributed by atoms with E-state index in [1.54, 1.807) is 24.5 Å². The molecule has 1 heterocycles. The van der Waals surface area contributed by atoms with Crippen molar-refractivity contribution in [2.45, 2.75) is 26.4 Å². The van der Waals surface area contributed by atoms with Crippen LogP contribution in [0.5, 0.6) is 0 Å². The summed E-state index contributed by atoms with van der Waals surface area (Å²) in [7, 11) is 0. The Bertz CT molecular complexity index is 537. The zero-order valence-corrected chi connectivity index (χ0v) is 11.9. The van der Waals surface area contributed by atoms with Crippen molar-refractivity contribution in [3.63, 3.8) is 0 Å². The fourth-order valence-electron chi connectivity index (χ4n) is 1.60. The molecule has 0 amide bonds. The standard InChI is InChI=1S/C13H15BrFN3/c1-9(2)16-6-10-3-4-13(12(15)5-10)18-8-11(14)7-17-18/h3-5,7-9,16H,6H2,1-2H3. The SMILES string of the molecule is CC(C)NCc1ccc(-n2cc(Br)cn2)c(F)c1. The van der Waals surface area contributed by atoms with Crippen LogP contribution in [0.25, 0.3) is 5.69 Å². The molecule has 0 aliphatic carbocycles. The molecular formula is C13H15BrFN3. The van der Waals surface area contributed by atoms with E-state index in [9.17, 15) is 4.39 Å². The van der Waals surface area contributed by atoms with Crippen LogP contribution in [0.3, 0.4) is 0 Å². The van der Waals surface area contributed by atoms with Gasteiger partial charge in [-0.15, -0.1) is 0 Å². The van der Waals surface area contributed by atoms with Gasteiger partial charge in [-0.2, -0.15) is 5.10 Å². The number of nitrogens with zero attached hydrogens (tertiary/aromatic N) is 2. The smallest absolute Gasteiger partial charge is 0.149 e. The van der Waals surface area contributed by atoms with E-state index in [0.717, 1.165) is 10.0 Å². The highest BCUT2D eigenvalue weighted by molar-refractivity contribution is 9.10. The minimum Gasteiger partial charge on any atom is -0.310 e. The van der Waals surface area contributed by atoms with E-state index in [2.05, 4.69) is 40.2 Å². The summed E-state index contributed by atoms with van der Waals surface area (Å²) in [5, 5.41) is 7.32. The van der Waals surface area contributed by atoms with Gasteiger partial charge in [0.1, 0.15) is 11.5 Å². The lowest BCUT2D eigenvalue weighted by molar-refractivity contribution is 0.578. The summed E-state index contributed by atoms with van der Waals surface area (Å²) >= 11 is 3.29. The van der Waals surface area contributed by atoms with Crippen LogP contribution in [0.15, 0.2) is 35.1 Å². The number of nitrogens with one attached hydrogen (secondary N) is 1.